The summed E-state index contributed by atoms with van der Waals surface area (Å²) in [4.78, 5) is 2.25. The van der Waals surface area contributed by atoms with Crippen molar-refractivity contribution in [2.75, 3.05) is 20.7 Å². The fraction of sp³-hybridized carbons (Fsp3) is 1.00. The summed E-state index contributed by atoms with van der Waals surface area (Å²) in [5.41, 5.74) is 0. The quantitative estimate of drug-likeness (QED) is 0.634. The van der Waals surface area contributed by atoms with Gasteiger partial charge in [0, 0.05) is 12.6 Å². The summed E-state index contributed by atoms with van der Waals surface area (Å²) in [5, 5.41) is 8.65. The predicted molar refractivity (Wildman–Crippen MR) is 48.7 cm³/mol. The molecule has 0 aliphatic heterocycles. The van der Waals surface area contributed by atoms with Crippen molar-refractivity contribution >= 4 is 0 Å². The van der Waals surface area contributed by atoms with Crippen LogP contribution in [0.1, 0.15) is 32.6 Å². The van der Waals surface area contributed by atoms with Gasteiger partial charge in [0.25, 0.3) is 0 Å². The van der Waals surface area contributed by atoms with Crippen molar-refractivity contribution in [2.45, 2.75) is 38.6 Å². The Balaban J connectivity index is 3.51. The van der Waals surface area contributed by atoms with Crippen LogP contribution in [-0.4, -0.2) is 36.8 Å². The molecule has 0 saturated heterocycles. The summed E-state index contributed by atoms with van der Waals surface area (Å²) in [7, 11) is 4.22. The molecule has 0 heterocycles. The minimum atomic E-state index is 0.327. The standard InChI is InChI=1S/C9H21NO/c1-4-6-9(10(2)3)7-5-8-11/h9,11H,4-8H2,1-3H3. The lowest BCUT2D eigenvalue weighted by Gasteiger charge is -2.23. The molecule has 0 saturated carbocycles. The Bertz CT molecular complexity index is 83.6. The van der Waals surface area contributed by atoms with E-state index in [1.807, 2.05) is 0 Å². The first kappa shape index (κ1) is 10.9. The molecule has 11 heavy (non-hydrogen) atoms. The summed E-state index contributed by atoms with van der Waals surface area (Å²) in [5.74, 6) is 0. The number of aliphatic hydroxyl groups excluding tert-OH is 1. The Hall–Kier alpha value is -0.0800. The van der Waals surface area contributed by atoms with Crippen LogP contribution in [0.3, 0.4) is 0 Å². The fourth-order valence-corrected chi connectivity index (χ4v) is 1.32. The van der Waals surface area contributed by atoms with Crippen molar-refractivity contribution < 1.29 is 5.11 Å². The molecule has 0 spiro atoms. The molecule has 0 rings (SSSR count). The molecule has 0 bridgehead atoms. The number of rotatable bonds is 6. The zero-order chi connectivity index (χ0) is 8.69. The smallest absolute Gasteiger partial charge is 0.0431 e. The minimum absolute atomic E-state index is 0.327. The van der Waals surface area contributed by atoms with Gasteiger partial charge in [-0.3, -0.25) is 0 Å². The van der Waals surface area contributed by atoms with Crippen molar-refractivity contribution in [1.29, 1.82) is 0 Å². The van der Waals surface area contributed by atoms with Crippen LogP contribution >= 0.6 is 0 Å². The Morgan fingerprint density at radius 3 is 2.27 bits per heavy atom. The van der Waals surface area contributed by atoms with Gasteiger partial charge in [0.05, 0.1) is 0 Å². The zero-order valence-electron chi connectivity index (χ0n) is 8.01. The Morgan fingerprint density at radius 2 is 1.91 bits per heavy atom. The van der Waals surface area contributed by atoms with Gasteiger partial charge in [-0.15, -0.1) is 0 Å². The molecule has 0 aromatic heterocycles. The molecule has 0 amide bonds. The monoisotopic (exact) mass is 159 g/mol. The summed E-state index contributed by atoms with van der Waals surface area (Å²) in [6, 6.07) is 0.659. The van der Waals surface area contributed by atoms with Crippen molar-refractivity contribution in [3.05, 3.63) is 0 Å². The summed E-state index contributed by atoms with van der Waals surface area (Å²) in [6.45, 7) is 2.53. The maximum absolute atomic E-state index is 8.65. The van der Waals surface area contributed by atoms with Gasteiger partial charge < -0.3 is 10.0 Å². The van der Waals surface area contributed by atoms with Crippen molar-refractivity contribution in [3.63, 3.8) is 0 Å². The van der Waals surface area contributed by atoms with E-state index in [2.05, 4.69) is 25.9 Å². The van der Waals surface area contributed by atoms with E-state index in [4.69, 9.17) is 5.11 Å². The van der Waals surface area contributed by atoms with E-state index in [1.54, 1.807) is 0 Å². The van der Waals surface area contributed by atoms with Crippen LogP contribution in [0.4, 0.5) is 0 Å². The van der Waals surface area contributed by atoms with Gasteiger partial charge in [0.1, 0.15) is 0 Å². The highest BCUT2D eigenvalue weighted by molar-refractivity contribution is 4.64. The van der Waals surface area contributed by atoms with Gasteiger partial charge in [-0.25, -0.2) is 0 Å². The topological polar surface area (TPSA) is 23.5 Å². The second-order valence-electron chi connectivity index (χ2n) is 3.27. The van der Waals surface area contributed by atoms with E-state index in [0.29, 0.717) is 12.6 Å². The summed E-state index contributed by atoms with van der Waals surface area (Å²) in [6.07, 6.45) is 4.53. The average Bonchev–Trinajstić information content (AvgIpc) is 1.97. The van der Waals surface area contributed by atoms with Crippen LogP contribution in [-0.2, 0) is 0 Å². The first-order valence-corrected chi connectivity index (χ1v) is 4.49. The fourth-order valence-electron chi connectivity index (χ4n) is 1.32. The van der Waals surface area contributed by atoms with E-state index in [-0.39, 0.29) is 0 Å². The minimum Gasteiger partial charge on any atom is -0.396 e. The van der Waals surface area contributed by atoms with Gasteiger partial charge in [-0.2, -0.15) is 0 Å². The Labute approximate surface area is 70.2 Å². The molecule has 0 fully saturated rings. The van der Waals surface area contributed by atoms with E-state index in [0.717, 1.165) is 12.8 Å². The first-order chi connectivity index (χ1) is 5.22. The first-order valence-electron chi connectivity index (χ1n) is 4.49. The van der Waals surface area contributed by atoms with E-state index in [9.17, 15) is 0 Å². The van der Waals surface area contributed by atoms with Gasteiger partial charge in [-0.05, 0) is 33.4 Å². The van der Waals surface area contributed by atoms with Crippen LogP contribution in [0.2, 0.25) is 0 Å². The summed E-state index contributed by atoms with van der Waals surface area (Å²) < 4.78 is 0. The third-order valence-corrected chi connectivity index (χ3v) is 2.05. The van der Waals surface area contributed by atoms with Crippen LogP contribution in [0.5, 0.6) is 0 Å². The maximum Gasteiger partial charge on any atom is 0.0431 e. The number of hydrogen-bond donors (Lipinski definition) is 1. The van der Waals surface area contributed by atoms with Gasteiger partial charge in [0.2, 0.25) is 0 Å². The number of hydrogen-bond acceptors (Lipinski definition) is 2. The van der Waals surface area contributed by atoms with Crippen molar-refractivity contribution in [2.24, 2.45) is 0 Å². The predicted octanol–water partition coefficient (Wildman–Crippen LogP) is 1.49. The van der Waals surface area contributed by atoms with Crippen LogP contribution < -0.4 is 0 Å². The van der Waals surface area contributed by atoms with Crippen molar-refractivity contribution in [3.8, 4) is 0 Å². The molecule has 0 radical (unpaired) electrons. The second kappa shape index (κ2) is 6.62. The lowest BCUT2D eigenvalue weighted by Crippen LogP contribution is -2.27. The molecular weight excluding hydrogens is 138 g/mol. The Morgan fingerprint density at radius 1 is 1.27 bits per heavy atom. The Kier molecular flexibility index (Phi) is 6.57. The molecule has 1 unspecified atom stereocenters. The molecule has 2 heteroatoms. The average molecular weight is 159 g/mol. The molecule has 1 atom stereocenters. The molecule has 0 aromatic carbocycles. The highest BCUT2D eigenvalue weighted by Crippen LogP contribution is 2.09. The third-order valence-electron chi connectivity index (χ3n) is 2.05. The zero-order valence-corrected chi connectivity index (χ0v) is 8.01. The maximum atomic E-state index is 8.65. The molecule has 68 valence electrons. The molecule has 1 N–H and O–H groups in total. The molecule has 2 nitrogen and oxygen atoms in total. The largest absolute Gasteiger partial charge is 0.396 e. The second-order valence-corrected chi connectivity index (χ2v) is 3.27. The normalized spacial score (nSPS) is 13.9. The molecule has 0 aliphatic carbocycles. The molecule has 0 aliphatic rings. The van der Waals surface area contributed by atoms with Crippen molar-refractivity contribution in [1.82, 2.24) is 4.90 Å². The number of aliphatic hydroxyl groups is 1. The highest BCUT2D eigenvalue weighted by Gasteiger charge is 2.08. The summed E-state index contributed by atoms with van der Waals surface area (Å²) >= 11 is 0. The van der Waals surface area contributed by atoms with Gasteiger partial charge >= 0.3 is 0 Å². The van der Waals surface area contributed by atoms with Gasteiger partial charge in [0.15, 0.2) is 0 Å². The lowest BCUT2D eigenvalue weighted by atomic mass is 10.1. The van der Waals surface area contributed by atoms with Crippen LogP contribution in [0, 0.1) is 0 Å². The number of nitrogens with zero attached hydrogens (tertiary/aromatic N) is 1. The lowest BCUT2D eigenvalue weighted by molar-refractivity contribution is 0.224. The van der Waals surface area contributed by atoms with E-state index >= 15 is 0 Å². The van der Waals surface area contributed by atoms with Crippen LogP contribution in [0.25, 0.3) is 0 Å². The molecular formula is C9H21NO. The highest BCUT2D eigenvalue weighted by atomic mass is 16.2. The SMILES string of the molecule is CCCC(CCCO)N(C)C. The third kappa shape index (κ3) is 5.22. The van der Waals surface area contributed by atoms with E-state index in [1.165, 1.54) is 12.8 Å². The molecule has 0 aromatic rings. The van der Waals surface area contributed by atoms with Gasteiger partial charge in [-0.1, -0.05) is 13.3 Å². The van der Waals surface area contributed by atoms with E-state index < -0.39 is 0 Å². The van der Waals surface area contributed by atoms with Crippen LogP contribution in [0.15, 0.2) is 0 Å².